The molecule has 1 N–H and O–H groups in total. The number of benzene rings is 2. The minimum absolute atomic E-state index is 0.138. The fourth-order valence-corrected chi connectivity index (χ4v) is 5.23. The lowest BCUT2D eigenvalue weighted by atomic mass is 10.1. The first kappa shape index (κ1) is 28.0. The van der Waals surface area contributed by atoms with E-state index in [0.717, 1.165) is 34.3 Å². The number of hydrogen-bond acceptors (Lipinski definition) is 6. The second-order valence-electron chi connectivity index (χ2n) is 8.55. The average Bonchev–Trinajstić information content (AvgIpc) is 3.50. The van der Waals surface area contributed by atoms with Crippen LogP contribution in [0.2, 0.25) is 10.0 Å². The maximum atomic E-state index is 12.9. The van der Waals surface area contributed by atoms with Crippen LogP contribution in [0, 0.1) is 6.92 Å². The number of carbonyl (C=O) groups is 1. The Morgan fingerprint density at radius 1 is 1.05 bits per heavy atom. The molecule has 38 heavy (non-hydrogen) atoms. The van der Waals surface area contributed by atoms with E-state index in [1.165, 1.54) is 16.9 Å². The number of nitrogens with zero attached hydrogens (tertiary/aromatic N) is 2. The van der Waals surface area contributed by atoms with Crippen LogP contribution in [0.15, 0.2) is 53.9 Å². The second-order valence-corrected chi connectivity index (χ2v) is 10.4. The molecule has 0 saturated carbocycles. The highest BCUT2D eigenvalue weighted by atomic mass is 35.5. The molecule has 0 aliphatic heterocycles. The van der Waals surface area contributed by atoms with Crippen LogP contribution in [0.5, 0.6) is 11.5 Å². The van der Waals surface area contributed by atoms with Gasteiger partial charge in [0.1, 0.15) is 23.1 Å². The average molecular weight is 575 g/mol. The number of aromatic nitrogens is 2. The van der Waals surface area contributed by atoms with Gasteiger partial charge >= 0.3 is 0 Å². The van der Waals surface area contributed by atoms with Gasteiger partial charge in [0.15, 0.2) is 0 Å². The van der Waals surface area contributed by atoms with E-state index in [9.17, 15) is 4.79 Å². The van der Waals surface area contributed by atoms with Gasteiger partial charge < -0.3 is 24.1 Å². The van der Waals surface area contributed by atoms with Crippen molar-refractivity contribution >= 4 is 40.4 Å². The summed E-state index contributed by atoms with van der Waals surface area (Å²) in [4.78, 5) is 17.8. The fraction of sp³-hybridized carbons (Fsp3) is 0.286. The van der Waals surface area contributed by atoms with Crippen LogP contribution >= 0.6 is 34.5 Å². The molecule has 0 radical (unpaired) electrons. The molecule has 0 unspecified atom stereocenters. The molecular formula is C28H29Cl2N3O4S. The van der Waals surface area contributed by atoms with Crippen LogP contribution in [0.25, 0.3) is 11.4 Å². The second kappa shape index (κ2) is 13.2. The summed E-state index contributed by atoms with van der Waals surface area (Å²) in [5, 5.41) is 6.71. The third-order valence-electron chi connectivity index (χ3n) is 6.00. The maximum absolute atomic E-state index is 12.9. The van der Waals surface area contributed by atoms with Crippen LogP contribution < -0.4 is 14.8 Å². The van der Waals surface area contributed by atoms with Gasteiger partial charge in [-0.2, -0.15) is 0 Å². The first-order valence-corrected chi connectivity index (χ1v) is 13.7. The van der Waals surface area contributed by atoms with Crippen molar-refractivity contribution in [2.24, 2.45) is 0 Å². The molecule has 0 spiro atoms. The van der Waals surface area contributed by atoms with Crippen LogP contribution in [-0.4, -0.2) is 42.8 Å². The van der Waals surface area contributed by atoms with Crippen molar-refractivity contribution in [1.29, 1.82) is 0 Å². The summed E-state index contributed by atoms with van der Waals surface area (Å²) in [6.07, 6.45) is 0.785. The summed E-state index contributed by atoms with van der Waals surface area (Å²) in [6.45, 7) is 3.80. The molecule has 2 aromatic heterocycles. The van der Waals surface area contributed by atoms with Gasteiger partial charge in [-0.05, 0) is 55.3 Å². The standard InChI is InChI=1S/C28H29Cl2N3O4S/c1-18-24(28(34)31-9-11-35-2)15-26(33(18)10-8-19-4-6-22(36-3)7-5-19)25-17-38-27(32-25)16-37-23-13-20(29)12-21(30)14-23/h4-7,12-15,17H,8-11,16H2,1-3H3,(H,31,34). The Bertz CT molecular complexity index is 1370. The summed E-state index contributed by atoms with van der Waals surface area (Å²) in [7, 11) is 3.26. The van der Waals surface area contributed by atoms with E-state index in [2.05, 4.69) is 22.0 Å². The van der Waals surface area contributed by atoms with Gasteiger partial charge in [-0.25, -0.2) is 4.98 Å². The molecule has 4 rings (SSSR count). The van der Waals surface area contributed by atoms with E-state index in [0.29, 0.717) is 41.1 Å². The summed E-state index contributed by atoms with van der Waals surface area (Å²) < 4.78 is 18.3. The minimum atomic E-state index is -0.138. The normalized spacial score (nSPS) is 11.0. The molecule has 10 heteroatoms. The predicted molar refractivity (Wildman–Crippen MR) is 152 cm³/mol. The van der Waals surface area contributed by atoms with Gasteiger partial charge in [0.25, 0.3) is 5.91 Å². The molecule has 200 valence electrons. The molecule has 7 nitrogen and oxygen atoms in total. The Kier molecular flexibility index (Phi) is 9.69. The Morgan fingerprint density at radius 2 is 1.79 bits per heavy atom. The van der Waals surface area contributed by atoms with Gasteiger partial charge in [0.05, 0.1) is 30.7 Å². The number of thiazole rings is 1. The zero-order chi connectivity index (χ0) is 27.1. The van der Waals surface area contributed by atoms with E-state index in [4.69, 9.17) is 42.4 Å². The number of aryl methyl sites for hydroxylation is 1. The van der Waals surface area contributed by atoms with Crippen molar-refractivity contribution in [2.75, 3.05) is 27.4 Å². The van der Waals surface area contributed by atoms with Crippen molar-refractivity contribution in [3.8, 4) is 22.9 Å². The zero-order valence-corrected chi connectivity index (χ0v) is 23.8. The van der Waals surface area contributed by atoms with Crippen LogP contribution in [-0.2, 0) is 24.3 Å². The summed E-state index contributed by atoms with van der Waals surface area (Å²) >= 11 is 13.7. The molecule has 0 aliphatic carbocycles. The Hall–Kier alpha value is -3.04. The highest BCUT2D eigenvalue weighted by Gasteiger charge is 2.20. The number of rotatable bonds is 12. The third-order valence-corrected chi connectivity index (χ3v) is 7.26. The molecule has 4 aromatic rings. The SMILES string of the molecule is COCCNC(=O)c1cc(-c2csc(COc3cc(Cl)cc(Cl)c3)n2)n(CCc2ccc(OC)cc2)c1C. The molecule has 2 heterocycles. The lowest BCUT2D eigenvalue weighted by molar-refractivity contribution is 0.0936. The first-order chi connectivity index (χ1) is 18.4. The molecule has 1 amide bonds. The highest BCUT2D eigenvalue weighted by molar-refractivity contribution is 7.09. The Labute approximate surface area is 236 Å². The number of hydrogen-bond donors (Lipinski definition) is 1. The monoisotopic (exact) mass is 573 g/mol. The molecule has 0 bridgehead atoms. The van der Waals surface area contributed by atoms with E-state index < -0.39 is 0 Å². The number of amides is 1. The first-order valence-electron chi connectivity index (χ1n) is 12.0. The van der Waals surface area contributed by atoms with Crippen LogP contribution in [0.4, 0.5) is 0 Å². The summed E-state index contributed by atoms with van der Waals surface area (Å²) in [5.74, 6) is 1.26. The van der Waals surface area contributed by atoms with Gasteiger partial charge in [0, 0.05) is 41.3 Å². The fourth-order valence-electron chi connectivity index (χ4n) is 4.02. The van der Waals surface area contributed by atoms with Crippen molar-refractivity contribution in [1.82, 2.24) is 14.9 Å². The minimum Gasteiger partial charge on any atom is -0.497 e. The number of methoxy groups -OCH3 is 2. The van der Waals surface area contributed by atoms with E-state index in [-0.39, 0.29) is 12.5 Å². The molecule has 0 fully saturated rings. The van der Waals surface area contributed by atoms with E-state index in [1.807, 2.05) is 30.5 Å². The Morgan fingerprint density at radius 3 is 2.47 bits per heavy atom. The zero-order valence-electron chi connectivity index (χ0n) is 21.4. The number of halogens is 2. The van der Waals surface area contributed by atoms with Crippen molar-refractivity contribution in [3.63, 3.8) is 0 Å². The molecule has 0 saturated heterocycles. The quantitative estimate of drug-likeness (QED) is 0.197. The lowest BCUT2D eigenvalue weighted by Gasteiger charge is -2.12. The number of nitrogens with one attached hydrogen (secondary N) is 1. The van der Waals surface area contributed by atoms with Crippen molar-refractivity contribution < 1.29 is 19.0 Å². The highest BCUT2D eigenvalue weighted by Crippen LogP contribution is 2.30. The number of ether oxygens (including phenoxy) is 3. The topological polar surface area (TPSA) is 74.6 Å². The molecule has 0 aliphatic rings. The predicted octanol–water partition coefficient (Wildman–Crippen LogP) is 6.43. The molecular weight excluding hydrogens is 545 g/mol. The number of carbonyl (C=O) groups excluding carboxylic acids is 1. The molecule has 0 atom stereocenters. The van der Waals surface area contributed by atoms with Gasteiger partial charge in [-0.15, -0.1) is 11.3 Å². The van der Waals surface area contributed by atoms with Gasteiger partial charge in [-0.3, -0.25) is 4.79 Å². The van der Waals surface area contributed by atoms with E-state index in [1.54, 1.807) is 32.4 Å². The van der Waals surface area contributed by atoms with Crippen LogP contribution in [0.1, 0.15) is 26.6 Å². The van der Waals surface area contributed by atoms with Crippen molar-refractivity contribution in [2.45, 2.75) is 26.5 Å². The Balaban J connectivity index is 1.57. The smallest absolute Gasteiger partial charge is 0.253 e. The summed E-state index contributed by atoms with van der Waals surface area (Å²) in [5.41, 5.74) is 4.32. The van der Waals surface area contributed by atoms with Crippen LogP contribution in [0.3, 0.4) is 0 Å². The largest absolute Gasteiger partial charge is 0.497 e. The van der Waals surface area contributed by atoms with Crippen molar-refractivity contribution in [3.05, 3.63) is 85.8 Å². The maximum Gasteiger partial charge on any atom is 0.253 e. The van der Waals surface area contributed by atoms with Gasteiger partial charge in [0.2, 0.25) is 0 Å². The molecule has 2 aromatic carbocycles. The van der Waals surface area contributed by atoms with E-state index >= 15 is 0 Å². The lowest BCUT2D eigenvalue weighted by Crippen LogP contribution is -2.27. The summed E-state index contributed by atoms with van der Waals surface area (Å²) in [6, 6.07) is 15.0. The van der Waals surface area contributed by atoms with Gasteiger partial charge in [-0.1, -0.05) is 35.3 Å². The third kappa shape index (κ3) is 7.08.